The minimum Gasteiger partial charge on any atom is -0.472 e. The van der Waals surface area contributed by atoms with Crippen molar-refractivity contribution in [2.45, 2.75) is 52.3 Å². The zero-order chi connectivity index (χ0) is 23.8. The van der Waals surface area contributed by atoms with Gasteiger partial charge in [-0.15, -0.1) is 0 Å². The van der Waals surface area contributed by atoms with Gasteiger partial charge in [-0.25, -0.2) is 4.98 Å². The number of carbonyl (C=O) groups excluding carboxylic acids is 1. The fourth-order valence-corrected chi connectivity index (χ4v) is 3.85. The van der Waals surface area contributed by atoms with Crippen molar-refractivity contribution in [3.63, 3.8) is 0 Å². The molecule has 1 aliphatic heterocycles. The minimum atomic E-state index is -0.311. The van der Waals surface area contributed by atoms with Crippen LogP contribution in [0.15, 0.2) is 36.8 Å². The molecule has 1 aliphatic rings. The molecular weight excluding hydrogens is 416 g/mol. The molecule has 0 radical (unpaired) electrons. The second kappa shape index (κ2) is 11.8. The molecule has 2 aromatic heterocycles. The first-order valence-corrected chi connectivity index (χ1v) is 11.6. The number of carbonyl (C=O) groups is 1. The Kier molecular flexibility index (Phi) is 8.81. The fourth-order valence-electron chi connectivity index (χ4n) is 3.85. The summed E-state index contributed by atoms with van der Waals surface area (Å²) in [4.78, 5) is 26.0. The molecule has 0 saturated heterocycles. The number of pyridine rings is 2. The Bertz CT molecular complexity index is 986. The number of hydrogen-bond donors (Lipinski definition) is 1. The summed E-state index contributed by atoms with van der Waals surface area (Å²) in [5, 5.41) is 9.80. The summed E-state index contributed by atoms with van der Waals surface area (Å²) in [6.45, 7) is 7.77. The Morgan fingerprint density at radius 3 is 2.91 bits per heavy atom. The van der Waals surface area contributed by atoms with Gasteiger partial charge in [0.05, 0.1) is 12.6 Å². The normalized spacial score (nSPS) is 19.1. The summed E-state index contributed by atoms with van der Waals surface area (Å²) in [7, 11) is 2.04. The van der Waals surface area contributed by atoms with E-state index >= 15 is 0 Å². The van der Waals surface area contributed by atoms with Gasteiger partial charge in [0.2, 0.25) is 5.88 Å². The molecular formula is C26H34N4O3. The van der Waals surface area contributed by atoms with Crippen molar-refractivity contribution in [2.24, 2.45) is 5.92 Å². The van der Waals surface area contributed by atoms with Crippen LogP contribution in [0.4, 0.5) is 0 Å². The molecule has 3 rings (SSSR count). The summed E-state index contributed by atoms with van der Waals surface area (Å²) in [5.41, 5.74) is 2.21. The largest absolute Gasteiger partial charge is 0.472 e. The number of hydrogen-bond acceptors (Lipinski definition) is 6. The van der Waals surface area contributed by atoms with Crippen LogP contribution in [0.25, 0.3) is 0 Å². The second-order valence-electron chi connectivity index (χ2n) is 8.81. The van der Waals surface area contributed by atoms with Crippen LogP contribution in [-0.4, -0.2) is 69.7 Å². The molecule has 7 heteroatoms. The highest BCUT2D eigenvalue weighted by Crippen LogP contribution is 2.27. The molecule has 33 heavy (non-hydrogen) atoms. The van der Waals surface area contributed by atoms with Gasteiger partial charge in [0.1, 0.15) is 11.7 Å². The highest BCUT2D eigenvalue weighted by molar-refractivity contribution is 5.97. The van der Waals surface area contributed by atoms with E-state index in [1.165, 1.54) is 0 Å². The van der Waals surface area contributed by atoms with Crippen LogP contribution in [-0.2, 0) is 6.54 Å². The summed E-state index contributed by atoms with van der Waals surface area (Å²) in [6, 6.07) is 5.43. The highest BCUT2D eigenvalue weighted by Gasteiger charge is 2.34. The maximum absolute atomic E-state index is 13.4. The van der Waals surface area contributed by atoms with Crippen molar-refractivity contribution in [3.05, 3.63) is 53.5 Å². The first kappa shape index (κ1) is 24.7. The van der Waals surface area contributed by atoms with Gasteiger partial charge in [-0.1, -0.05) is 31.8 Å². The van der Waals surface area contributed by atoms with Gasteiger partial charge in [-0.3, -0.25) is 14.7 Å². The van der Waals surface area contributed by atoms with Crippen molar-refractivity contribution < 1.29 is 14.6 Å². The van der Waals surface area contributed by atoms with Gasteiger partial charge in [0.15, 0.2) is 0 Å². The topological polar surface area (TPSA) is 78.8 Å². The molecule has 7 nitrogen and oxygen atoms in total. The Labute approximate surface area is 196 Å². The summed E-state index contributed by atoms with van der Waals surface area (Å²) in [5.74, 6) is 6.37. The molecule has 0 saturated carbocycles. The van der Waals surface area contributed by atoms with E-state index in [1.54, 1.807) is 23.4 Å². The van der Waals surface area contributed by atoms with Crippen molar-refractivity contribution in [2.75, 3.05) is 26.7 Å². The van der Waals surface area contributed by atoms with Crippen molar-refractivity contribution in [1.82, 2.24) is 19.8 Å². The predicted molar refractivity (Wildman–Crippen MR) is 128 cm³/mol. The van der Waals surface area contributed by atoms with E-state index in [0.29, 0.717) is 30.1 Å². The second-order valence-corrected chi connectivity index (χ2v) is 8.81. The molecule has 0 spiro atoms. The number of aliphatic hydroxyl groups excluding tert-OH is 1. The number of nitrogens with zero attached hydrogens (tertiary/aromatic N) is 4. The molecule has 3 heterocycles. The van der Waals surface area contributed by atoms with Crippen LogP contribution in [0.3, 0.4) is 0 Å². The molecule has 3 atom stereocenters. The predicted octanol–water partition coefficient (Wildman–Crippen LogP) is 2.98. The number of amides is 1. The van der Waals surface area contributed by atoms with E-state index in [9.17, 15) is 9.90 Å². The number of rotatable bonds is 7. The Morgan fingerprint density at radius 1 is 1.39 bits per heavy atom. The third kappa shape index (κ3) is 6.53. The maximum Gasteiger partial charge on any atom is 0.259 e. The smallest absolute Gasteiger partial charge is 0.259 e. The van der Waals surface area contributed by atoms with Crippen LogP contribution >= 0.6 is 0 Å². The Morgan fingerprint density at radius 2 is 2.21 bits per heavy atom. The van der Waals surface area contributed by atoms with Gasteiger partial charge < -0.3 is 14.7 Å². The molecule has 176 valence electrons. The SMILES string of the molecule is CCCC#Cc1cnc2c(c1)C(=O)N([C@@H](C)CO)C[C@@H](C)[C@H](CN(C)Cc1cccnc1)O2. The molecule has 2 aromatic rings. The first-order valence-electron chi connectivity index (χ1n) is 11.6. The van der Waals surface area contributed by atoms with Gasteiger partial charge in [0, 0.05) is 56.1 Å². The lowest BCUT2D eigenvalue weighted by atomic mass is 9.99. The van der Waals surface area contributed by atoms with E-state index in [1.807, 2.05) is 32.3 Å². The van der Waals surface area contributed by atoms with Crippen LogP contribution in [0.2, 0.25) is 0 Å². The van der Waals surface area contributed by atoms with Crippen LogP contribution < -0.4 is 4.74 Å². The Hall–Kier alpha value is -2.95. The van der Waals surface area contributed by atoms with E-state index < -0.39 is 0 Å². The number of aromatic nitrogens is 2. The summed E-state index contributed by atoms with van der Waals surface area (Å²) in [6.07, 6.45) is 6.87. The minimum absolute atomic E-state index is 0.0401. The molecule has 0 unspecified atom stereocenters. The number of unbranched alkanes of at least 4 members (excludes halogenated alkanes) is 1. The fraction of sp³-hybridized carbons (Fsp3) is 0.500. The monoisotopic (exact) mass is 450 g/mol. The van der Waals surface area contributed by atoms with Gasteiger partial charge in [-0.05, 0) is 38.1 Å². The quantitative estimate of drug-likeness (QED) is 0.654. The lowest BCUT2D eigenvalue weighted by molar-refractivity contribution is 0.0325. The molecule has 0 aliphatic carbocycles. The number of ether oxygens (including phenoxy) is 1. The lowest BCUT2D eigenvalue weighted by Crippen LogP contribution is -2.49. The molecule has 0 fully saturated rings. The van der Waals surface area contributed by atoms with Crippen LogP contribution in [0, 0.1) is 17.8 Å². The Balaban J connectivity index is 1.89. The number of likely N-dealkylation sites (N-methyl/N-ethyl adjacent to an activating group) is 1. The average molecular weight is 451 g/mol. The molecule has 1 N–H and O–H groups in total. The van der Waals surface area contributed by atoms with Crippen LogP contribution in [0.5, 0.6) is 5.88 Å². The van der Waals surface area contributed by atoms with Gasteiger partial charge in [0.25, 0.3) is 5.91 Å². The number of aliphatic hydroxyl groups is 1. The van der Waals surface area contributed by atoms with Gasteiger partial charge in [-0.2, -0.15) is 0 Å². The van der Waals surface area contributed by atoms with E-state index in [-0.39, 0.29) is 30.6 Å². The number of fused-ring (bicyclic) bond motifs is 1. The van der Waals surface area contributed by atoms with E-state index in [2.05, 4.69) is 40.6 Å². The zero-order valence-corrected chi connectivity index (χ0v) is 20.0. The molecule has 1 amide bonds. The maximum atomic E-state index is 13.4. The summed E-state index contributed by atoms with van der Waals surface area (Å²) < 4.78 is 6.34. The van der Waals surface area contributed by atoms with E-state index in [4.69, 9.17) is 4.74 Å². The molecule has 0 bridgehead atoms. The standard InChI is InChI=1S/C26H34N4O3/c1-5-6-7-9-21-12-23-25(28-14-21)33-24(17-29(4)16-22-10-8-11-27-13-22)19(2)15-30(26(23)32)20(3)18-31/h8,10-14,19-20,24,31H,5-6,15-18H2,1-4H3/t19-,20+,24+/m1/s1. The molecule has 0 aromatic carbocycles. The van der Waals surface area contributed by atoms with Crippen LogP contribution in [0.1, 0.15) is 55.1 Å². The lowest BCUT2D eigenvalue weighted by Gasteiger charge is -2.37. The zero-order valence-electron chi connectivity index (χ0n) is 20.0. The third-order valence-corrected chi connectivity index (χ3v) is 5.80. The van der Waals surface area contributed by atoms with Crippen molar-refractivity contribution in [1.29, 1.82) is 0 Å². The van der Waals surface area contributed by atoms with Crippen molar-refractivity contribution in [3.8, 4) is 17.7 Å². The van der Waals surface area contributed by atoms with Gasteiger partial charge >= 0.3 is 0 Å². The third-order valence-electron chi connectivity index (χ3n) is 5.80. The average Bonchev–Trinajstić information content (AvgIpc) is 2.82. The summed E-state index contributed by atoms with van der Waals surface area (Å²) >= 11 is 0. The van der Waals surface area contributed by atoms with E-state index in [0.717, 1.165) is 24.9 Å². The highest BCUT2D eigenvalue weighted by atomic mass is 16.5. The van der Waals surface area contributed by atoms with Crippen molar-refractivity contribution >= 4 is 5.91 Å². The first-order chi connectivity index (χ1) is 15.9.